The summed E-state index contributed by atoms with van der Waals surface area (Å²) in [7, 11) is 0. The second kappa shape index (κ2) is 7.07. The monoisotopic (exact) mass is 283 g/mol. The molecule has 1 rings (SSSR count). The number of amides is 2. The molecule has 0 aromatic carbocycles. The lowest BCUT2D eigenvalue weighted by molar-refractivity contribution is -0.131. The highest BCUT2D eigenvalue weighted by Gasteiger charge is 2.34. The van der Waals surface area contributed by atoms with Crippen LogP contribution in [0.15, 0.2) is 0 Å². The zero-order valence-electron chi connectivity index (χ0n) is 13.4. The van der Waals surface area contributed by atoms with Crippen LogP contribution >= 0.6 is 0 Å². The van der Waals surface area contributed by atoms with Gasteiger partial charge in [-0.2, -0.15) is 0 Å². The molecule has 0 unspecified atom stereocenters. The zero-order valence-corrected chi connectivity index (χ0v) is 13.4. The fourth-order valence-electron chi connectivity index (χ4n) is 2.13. The van der Waals surface area contributed by atoms with Crippen LogP contribution in [0.1, 0.15) is 41.0 Å². The van der Waals surface area contributed by atoms with Gasteiger partial charge >= 0.3 is 0 Å². The largest absolute Gasteiger partial charge is 0.355 e. The fraction of sp³-hybridized carbons (Fsp3) is 0.867. The molecule has 20 heavy (non-hydrogen) atoms. The highest BCUT2D eigenvalue weighted by molar-refractivity contribution is 5.84. The van der Waals surface area contributed by atoms with Crippen molar-refractivity contribution in [2.75, 3.05) is 19.6 Å². The van der Waals surface area contributed by atoms with Gasteiger partial charge in [0.05, 0.1) is 5.92 Å². The molecule has 0 aliphatic carbocycles. The van der Waals surface area contributed by atoms with E-state index in [4.69, 9.17) is 0 Å². The van der Waals surface area contributed by atoms with Crippen LogP contribution in [0, 0.1) is 17.3 Å². The van der Waals surface area contributed by atoms with Gasteiger partial charge in [-0.25, -0.2) is 0 Å². The van der Waals surface area contributed by atoms with Crippen molar-refractivity contribution in [1.82, 2.24) is 16.0 Å². The molecule has 0 aromatic rings. The van der Waals surface area contributed by atoms with E-state index in [1.54, 1.807) is 0 Å². The Labute approximate surface area is 122 Å². The number of carbonyl (C=O) groups excluding carboxylic acids is 2. The molecule has 5 heteroatoms. The minimum absolute atomic E-state index is 0.00561. The Morgan fingerprint density at radius 2 is 1.95 bits per heavy atom. The number of rotatable bonds is 4. The lowest BCUT2D eigenvalue weighted by Crippen LogP contribution is -2.56. The van der Waals surface area contributed by atoms with E-state index in [1.807, 2.05) is 20.8 Å². The van der Waals surface area contributed by atoms with Crippen LogP contribution in [0.25, 0.3) is 0 Å². The molecule has 0 spiro atoms. The van der Waals surface area contributed by atoms with E-state index in [0.717, 1.165) is 13.0 Å². The van der Waals surface area contributed by atoms with Gasteiger partial charge in [0.15, 0.2) is 0 Å². The van der Waals surface area contributed by atoms with E-state index in [1.165, 1.54) is 0 Å². The minimum Gasteiger partial charge on any atom is -0.355 e. The van der Waals surface area contributed by atoms with Crippen LogP contribution in [0.4, 0.5) is 0 Å². The second-order valence-corrected chi connectivity index (χ2v) is 7.07. The Balaban J connectivity index is 2.62. The fourth-order valence-corrected chi connectivity index (χ4v) is 2.13. The van der Waals surface area contributed by atoms with Crippen molar-refractivity contribution in [3.8, 4) is 0 Å². The number of hydrogen-bond acceptors (Lipinski definition) is 3. The lowest BCUT2D eigenvalue weighted by Gasteiger charge is -2.33. The van der Waals surface area contributed by atoms with Gasteiger partial charge in [0, 0.05) is 24.5 Å². The molecule has 0 bridgehead atoms. The zero-order chi connectivity index (χ0) is 15.3. The second-order valence-electron chi connectivity index (χ2n) is 7.07. The third-order valence-electron chi connectivity index (χ3n) is 3.50. The molecule has 2 atom stereocenters. The average molecular weight is 283 g/mol. The van der Waals surface area contributed by atoms with Gasteiger partial charge in [-0.15, -0.1) is 0 Å². The molecule has 1 heterocycles. The first-order valence-corrected chi connectivity index (χ1v) is 7.51. The van der Waals surface area contributed by atoms with Crippen molar-refractivity contribution in [2.45, 2.75) is 47.1 Å². The van der Waals surface area contributed by atoms with Crippen LogP contribution in [0.2, 0.25) is 0 Å². The highest BCUT2D eigenvalue weighted by Crippen LogP contribution is 2.17. The summed E-state index contributed by atoms with van der Waals surface area (Å²) in [5.74, 6) is 0.281. The molecule has 1 aliphatic rings. The van der Waals surface area contributed by atoms with E-state index in [9.17, 15) is 9.59 Å². The number of nitrogens with one attached hydrogen (secondary N) is 3. The third kappa shape index (κ3) is 5.12. The van der Waals surface area contributed by atoms with Gasteiger partial charge in [-0.1, -0.05) is 34.6 Å². The summed E-state index contributed by atoms with van der Waals surface area (Å²) < 4.78 is 0. The van der Waals surface area contributed by atoms with Crippen molar-refractivity contribution >= 4 is 11.8 Å². The molecule has 0 radical (unpaired) electrons. The first-order chi connectivity index (χ1) is 9.21. The summed E-state index contributed by atoms with van der Waals surface area (Å²) in [5.41, 5.74) is -0.427. The maximum atomic E-state index is 12.2. The molecule has 1 fully saturated rings. The molecule has 0 aromatic heterocycles. The van der Waals surface area contributed by atoms with Crippen LogP contribution in [-0.4, -0.2) is 37.5 Å². The Bertz CT molecular complexity index is 348. The van der Waals surface area contributed by atoms with Gasteiger partial charge in [0.2, 0.25) is 11.8 Å². The van der Waals surface area contributed by atoms with Crippen molar-refractivity contribution < 1.29 is 9.59 Å². The van der Waals surface area contributed by atoms with Crippen LogP contribution in [-0.2, 0) is 9.59 Å². The van der Waals surface area contributed by atoms with Crippen molar-refractivity contribution in [1.29, 1.82) is 0 Å². The summed E-state index contributed by atoms with van der Waals surface area (Å²) in [4.78, 5) is 24.3. The summed E-state index contributed by atoms with van der Waals surface area (Å²) in [6.07, 6.45) is 0.793. The summed E-state index contributed by atoms with van der Waals surface area (Å²) in [6.45, 7) is 11.9. The first kappa shape index (κ1) is 17.0. The Hall–Kier alpha value is -1.10. The molecule has 2 amide bonds. The van der Waals surface area contributed by atoms with Crippen molar-refractivity contribution in [2.24, 2.45) is 17.3 Å². The minimum atomic E-state index is -0.427. The highest BCUT2D eigenvalue weighted by atomic mass is 16.2. The number of carbonyl (C=O) groups is 2. The number of hydrogen-bond donors (Lipinski definition) is 3. The van der Waals surface area contributed by atoms with Crippen LogP contribution < -0.4 is 16.0 Å². The maximum absolute atomic E-state index is 12.2. The summed E-state index contributed by atoms with van der Waals surface area (Å²) >= 11 is 0. The van der Waals surface area contributed by atoms with Gasteiger partial charge in [-0.3, -0.25) is 9.59 Å². The summed E-state index contributed by atoms with van der Waals surface area (Å²) in [5, 5.41) is 9.23. The molecule has 1 saturated heterocycles. The molecule has 0 saturated carbocycles. The van der Waals surface area contributed by atoms with Crippen molar-refractivity contribution in [3.05, 3.63) is 0 Å². The standard InChI is InChI=1S/C15H29N3O2/c1-10(2)8-17-13(19)11-9-16-7-6-12(11)18-14(20)15(3,4)5/h10-12,16H,6-9H2,1-5H3,(H,17,19)(H,18,20)/t11-,12-/m1/s1. The topological polar surface area (TPSA) is 70.2 Å². The molecular formula is C15H29N3O2. The predicted octanol–water partition coefficient (Wildman–Crippen LogP) is 0.899. The van der Waals surface area contributed by atoms with E-state index < -0.39 is 5.41 Å². The van der Waals surface area contributed by atoms with Gasteiger partial charge < -0.3 is 16.0 Å². The molecule has 3 N–H and O–H groups in total. The average Bonchev–Trinajstić information content (AvgIpc) is 2.35. The number of piperidine rings is 1. The van der Waals surface area contributed by atoms with Crippen LogP contribution in [0.3, 0.4) is 0 Å². The Morgan fingerprint density at radius 1 is 1.30 bits per heavy atom. The molecule has 5 nitrogen and oxygen atoms in total. The predicted molar refractivity (Wildman–Crippen MR) is 80.2 cm³/mol. The van der Waals surface area contributed by atoms with E-state index in [0.29, 0.717) is 19.0 Å². The Kier molecular flexibility index (Phi) is 5.99. The smallest absolute Gasteiger partial charge is 0.226 e. The Morgan fingerprint density at radius 3 is 2.50 bits per heavy atom. The first-order valence-electron chi connectivity index (χ1n) is 7.51. The molecule has 116 valence electrons. The van der Waals surface area contributed by atoms with Gasteiger partial charge in [0.1, 0.15) is 0 Å². The van der Waals surface area contributed by atoms with Gasteiger partial charge in [0.25, 0.3) is 0 Å². The van der Waals surface area contributed by atoms with Crippen molar-refractivity contribution in [3.63, 3.8) is 0 Å². The van der Waals surface area contributed by atoms with E-state index in [-0.39, 0.29) is 23.8 Å². The lowest BCUT2D eigenvalue weighted by atomic mass is 9.89. The van der Waals surface area contributed by atoms with Crippen LogP contribution in [0.5, 0.6) is 0 Å². The summed E-state index contributed by atoms with van der Waals surface area (Å²) in [6, 6.07) is -0.0739. The van der Waals surface area contributed by atoms with E-state index in [2.05, 4.69) is 29.8 Å². The molecule has 1 aliphatic heterocycles. The molecular weight excluding hydrogens is 254 g/mol. The normalized spacial score (nSPS) is 23.5. The maximum Gasteiger partial charge on any atom is 0.226 e. The van der Waals surface area contributed by atoms with Gasteiger partial charge in [-0.05, 0) is 18.9 Å². The third-order valence-corrected chi connectivity index (χ3v) is 3.50. The quantitative estimate of drug-likeness (QED) is 0.718. The SMILES string of the molecule is CC(C)CNC(=O)[C@@H]1CNCC[C@H]1NC(=O)C(C)(C)C. The van der Waals surface area contributed by atoms with E-state index >= 15 is 0 Å².